The number of hydrogen-bond donors (Lipinski definition) is 0. The number of aryl methyl sites for hydroxylation is 2. The number of halogens is 1. The largest absolute Gasteiger partial charge is 0.494 e. The molecule has 1 rings (SSSR count). The molecule has 0 aliphatic carbocycles. The smallest absolute Gasteiger partial charge is 0.198 e. The highest BCUT2D eigenvalue weighted by Gasteiger charge is 2.21. The van der Waals surface area contributed by atoms with Gasteiger partial charge in [-0.25, -0.2) is 0 Å². The Bertz CT molecular complexity index is 398. The third kappa shape index (κ3) is 2.80. The molecule has 0 spiro atoms. The van der Waals surface area contributed by atoms with Crippen LogP contribution in [-0.4, -0.2) is 0 Å². The van der Waals surface area contributed by atoms with Crippen LogP contribution >= 0.6 is 18.4 Å². The Balaban J connectivity index is 3.04. The molecule has 0 aliphatic heterocycles. The highest BCUT2D eigenvalue weighted by molar-refractivity contribution is 7.80. The van der Waals surface area contributed by atoms with Crippen molar-refractivity contribution in [3.05, 3.63) is 29.3 Å². The second-order valence-electron chi connectivity index (χ2n) is 3.04. The molecular weight excluding hydrogens is 217 g/mol. The summed E-state index contributed by atoms with van der Waals surface area (Å²) in [6, 6.07) is 7.64. The molecule has 0 radical (unpaired) electrons. The first-order chi connectivity index (χ1) is 6.65. The van der Waals surface area contributed by atoms with Crippen molar-refractivity contribution in [3.63, 3.8) is 0 Å². The van der Waals surface area contributed by atoms with Gasteiger partial charge in [0.15, 0.2) is 0 Å². The zero-order valence-corrected chi connectivity index (χ0v) is 9.48. The lowest BCUT2D eigenvalue weighted by Crippen LogP contribution is -2.04. The standard InChI is InChI=1S/C10H10ClNOP/c1-8-4-5-10(14(11)13)9(7-8)3-2-6-12/h4-5,7H,2-3H2,1H3/q+1. The molecule has 0 aromatic heterocycles. The van der Waals surface area contributed by atoms with Crippen molar-refractivity contribution in [2.45, 2.75) is 19.8 Å². The van der Waals surface area contributed by atoms with E-state index in [1.807, 2.05) is 19.1 Å². The lowest BCUT2D eigenvalue weighted by molar-refractivity contribution is 0.600. The maximum atomic E-state index is 11.2. The first-order valence-electron chi connectivity index (χ1n) is 4.24. The summed E-state index contributed by atoms with van der Waals surface area (Å²) < 4.78 is 11.2. The normalized spacial score (nSPS) is 10.8. The predicted octanol–water partition coefficient (Wildman–Crippen LogP) is 3.06. The maximum Gasteiger partial charge on any atom is 0.494 e. The Labute approximate surface area is 89.1 Å². The molecule has 1 atom stereocenters. The van der Waals surface area contributed by atoms with Gasteiger partial charge >= 0.3 is 7.15 Å². The first-order valence-corrected chi connectivity index (χ1v) is 6.41. The van der Waals surface area contributed by atoms with Crippen molar-refractivity contribution in [2.24, 2.45) is 0 Å². The molecular formula is C10H10ClNOP+. The van der Waals surface area contributed by atoms with E-state index in [4.69, 9.17) is 16.5 Å². The molecule has 4 heteroatoms. The average Bonchev–Trinajstić information content (AvgIpc) is 2.14. The Hall–Kier alpha value is -0.900. The van der Waals surface area contributed by atoms with Gasteiger partial charge in [0, 0.05) is 12.0 Å². The van der Waals surface area contributed by atoms with Gasteiger partial charge < -0.3 is 0 Å². The predicted molar refractivity (Wildman–Crippen MR) is 58.2 cm³/mol. The molecule has 0 heterocycles. The van der Waals surface area contributed by atoms with Gasteiger partial charge in [0.2, 0.25) is 16.5 Å². The summed E-state index contributed by atoms with van der Waals surface area (Å²) in [6.07, 6.45) is 1.04. The van der Waals surface area contributed by atoms with Crippen molar-refractivity contribution in [1.29, 1.82) is 5.26 Å². The van der Waals surface area contributed by atoms with Gasteiger partial charge in [0.05, 0.1) is 6.07 Å². The van der Waals surface area contributed by atoms with Gasteiger partial charge in [-0.1, -0.05) is 17.7 Å². The van der Waals surface area contributed by atoms with Gasteiger partial charge in [0.1, 0.15) is 0 Å². The van der Waals surface area contributed by atoms with Crippen LogP contribution in [0.3, 0.4) is 0 Å². The molecule has 1 aromatic carbocycles. The van der Waals surface area contributed by atoms with Crippen molar-refractivity contribution in [1.82, 2.24) is 0 Å². The first kappa shape index (κ1) is 11.2. The zero-order chi connectivity index (χ0) is 10.6. The van der Waals surface area contributed by atoms with E-state index in [9.17, 15) is 4.57 Å². The Morgan fingerprint density at radius 2 is 2.29 bits per heavy atom. The Kier molecular flexibility index (Phi) is 4.07. The molecule has 0 amide bonds. The lowest BCUT2D eigenvalue weighted by Gasteiger charge is -1.98. The zero-order valence-electron chi connectivity index (χ0n) is 7.83. The number of nitrogens with zero attached hydrogens (tertiary/aromatic N) is 1. The van der Waals surface area contributed by atoms with Crippen LogP contribution in [0.15, 0.2) is 18.2 Å². The van der Waals surface area contributed by atoms with Crippen molar-refractivity contribution >= 4 is 23.7 Å². The molecule has 1 aromatic rings. The van der Waals surface area contributed by atoms with Crippen LogP contribution in [0.4, 0.5) is 0 Å². The molecule has 0 aliphatic rings. The van der Waals surface area contributed by atoms with Crippen LogP contribution < -0.4 is 5.30 Å². The van der Waals surface area contributed by atoms with E-state index >= 15 is 0 Å². The minimum atomic E-state index is -1.83. The Morgan fingerprint density at radius 3 is 2.86 bits per heavy atom. The highest BCUT2D eigenvalue weighted by Crippen LogP contribution is 2.28. The lowest BCUT2D eigenvalue weighted by atomic mass is 10.1. The fraction of sp³-hybridized carbons (Fsp3) is 0.300. The second kappa shape index (κ2) is 5.10. The van der Waals surface area contributed by atoms with E-state index in [0.29, 0.717) is 18.1 Å². The van der Waals surface area contributed by atoms with Crippen LogP contribution in [-0.2, 0) is 11.0 Å². The minimum Gasteiger partial charge on any atom is -0.198 e. The Morgan fingerprint density at radius 1 is 1.57 bits per heavy atom. The van der Waals surface area contributed by atoms with Crippen molar-refractivity contribution < 1.29 is 4.57 Å². The van der Waals surface area contributed by atoms with E-state index in [2.05, 4.69) is 6.07 Å². The topological polar surface area (TPSA) is 40.9 Å². The van der Waals surface area contributed by atoms with Crippen LogP contribution in [0.5, 0.6) is 0 Å². The van der Waals surface area contributed by atoms with Crippen molar-refractivity contribution in [2.75, 3.05) is 0 Å². The van der Waals surface area contributed by atoms with E-state index in [1.165, 1.54) is 0 Å². The minimum absolute atomic E-state index is 0.427. The van der Waals surface area contributed by atoms with Crippen LogP contribution in [0, 0.1) is 18.3 Å². The molecule has 0 saturated heterocycles. The van der Waals surface area contributed by atoms with Gasteiger partial charge in [-0.15, -0.1) is 0 Å². The van der Waals surface area contributed by atoms with Crippen LogP contribution in [0.2, 0.25) is 0 Å². The van der Waals surface area contributed by atoms with E-state index in [-0.39, 0.29) is 0 Å². The third-order valence-electron chi connectivity index (χ3n) is 1.93. The quantitative estimate of drug-likeness (QED) is 0.744. The van der Waals surface area contributed by atoms with Gasteiger partial charge in [-0.05, 0) is 24.0 Å². The summed E-state index contributed by atoms with van der Waals surface area (Å²) in [5.41, 5.74) is 2.01. The monoisotopic (exact) mass is 226 g/mol. The molecule has 0 fully saturated rings. The van der Waals surface area contributed by atoms with E-state index in [1.54, 1.807) is 6.07 Å². The van der Waals surface area contributed by atoms with E-state index < -0.39 is 7.15 Å². The molecule has 0 N–H and O–H groups in total. The SMILES string of the molecule is Cc1ccc([P+](=O)Cl)c(CCC#N)c1. The van der Waals surface area contributed by atoms with Crippen LogP contribution in [0.25, 0.3) is 0 Å². The molecule has 1 unspecified atom stereocenters. The number of hydrogen-bond acceptors (Lipinski definition) is 2. The summed E-state index contributed by atoms with van der Waals surface area (Å²) >= 11 is 5.57. The average molecular weight is 227 g/mol. The second-order valence-corrected chi connectivity index (χ2v) is 4.93. The number of nitriles is 1. The summed E-state index contributed by atoms with van der Waals surface area (Å²) in [7, 11) is -1.83. The van der Waals surface area contributed by atoms with Gasteiger partial charge in [-0.3, -0.25) is 0 Å². The fourth-order valence-electron chi connectivity index (χ4n) is 1.28. The third-order valence-corrected chi connectivity index (χ3v) is 3.29. The van der Waals surface area contributed by atoms with Crippen molar-refractivity contribution in [3.8, 4) is 6.07 Å². The molecule has 14 heavy (non-hydrogen) atoms. The van der Waals surface area contributed by atoms with Crippen LogP contribution in [0.1, 0.15) is 17.5 Å². The summed E-state index contributed by atoms with van der Waals surface area (Å²) in [5, 5.41) is 9.13. The summed E-state index contributed by atoms with van der Waals surface area (Å²) in [6.45, 7) is 1.96. The van der Waals surface area contributed by atoms with E-state index in [0.717, 1.165) is 11.1 Å². The molecule has 0 saturated carbocycles. The molecule has 0 bridgehead atoms. The summed E-state index contributed by atoms with van der Waals surface area (Å²) in [4.78, 5) is 0. The van der Waals surface area contributed by atoms with Gasteiger partial charge in [0.25, 0.3) is 0 Å². The number of rotatable bonds is 3. The highest BCUT2D eigenvalue weighted by atomic mass is 35.7. The van der Waals surface area contributed by atoms with Gasteiger partial charge in [-0.2, -0.15) is 5.26 Å². The number of benzene rings is 1. The molecule has 72 valence electrons. The fourth-order valence-corrected chi connectivity index (χ4v) is 2.37. The maximum absolute atomic E-state index is 11.2. The summed E-state index contributed by atoms with van der Waals surface area (Å²) in [5.74, 6) is 0. The molecule has 2 nitrogen and oxygen atoms in total.